The van der Waals surface area contributed by atoms with E-state index in [0.29, 0.717) is 0 Å². The Bertz CT molecular complexity index is 284. The topological polar surface area (TPSA) is 0 Å². The Kier molecular flexibility index (Phi) is 6.64. The molecule has 88 valence electrons. The number of benzene rings is 1. The Morgan fingerprint density at radius 1 is 1.12 bits per heavy atom. The summed E-state index contributed by atoms with van der Waals surface area (Å²) >= 11 is 0. The lowest BCUT2D eigenvalue weighted by Crippen LogP contribution is -1.98. The highest BCUT2D eigenvalue weighted by Crippen LogP contribution is 2.26. The van der Waals surface area contributed by atoms with Crippen molar-refractivity contribution in [2.75, 3.05) is 0 Å². The highest BCUT2D eigenvalue weighted by Gasteiger charge is 2.09. The third-order valence-electron chi connectivity index (χ3n) is 3.09. The fourth-order valence-corrected chi connectivity index (χ4v) is 2.12. The smallest absolute Gasteiger partial charge is 0.0159 e. The molecule has 0 aliphatic rings. The van der Waals surface area contributed by atoms with E-state index in [1.165, 1.54) is 37.7 Å². The summed E-state index contributed by atoms with van der Waals surface area (Å²) < 4.78 is 0. The van der Waals surface area contributed by atoms with Crippen LogP contribution in [0.3, 0.4) is 0 Å². The molecule has 1 rings (SSSR count). The summed E-state index contributed by atoms with van der Waals surface area (Å²) in [4.78, 5) is 0. The van der Waals surface area contributed by atoms with Gasteiger partial charge in [-0.25, -0.2) is 0 Å². The standard InChI is InChI=1S/C16H24/c1-3-5-8-12-15(11-6-4-2)16-13-9-7-10-14-16/h3,5,7,9-10,13-15H,4,6,8,11-12H2,1-2H3. The fraction of sp³-hybridized carbons (Fsp3) is 0.500. The van der Waals surface area contributed by atoms with Gasteiger partial charge in [0.1, 0.15) is 0 Å². The van der Waals surface area contributed by atoms with Crippen LogP contribution in [0.15, 0.2) is 42.5 Å². The average Bonchev–Trinajstić information content (AvgIpc) is 2.35. The number of allylic oxidation sites excluding steroid dienone is 2. The van der Waals surface area contributed by atoms with E-state index < -0.39 is 0 Å². The summed E-state index contributed by atoms with van der Waals surface area (Å²) in [5, 5.41) is 0. The van der Waals surface area contributed by atoms with Gasteiger partial charge in [-0.2, -0.15) is 0 Å². The van der Waals surface area contributed by atoms with Crippen molar-refractivity contribution < 1.29 is 0 Å². The number of hydrogen-bond donors (Lipinski definition) is 0. The molecule has 0 amide bonds. The highest BCUT2D eigenvalue weighted by atomic mass is 14.1. The van der Waals surface area contributed by atoms with Crippen LogP contribution in [0, 0.1) is 0 Å². The minimum absolute atomic E-state index is 0.748. The number of hydrogen-bond acceptors (Lipinski definition) is 0. The molecule has 0 radical (unpaired) electrons. The normalized spacial score (nSPS) is 13.1. The van der Waals surface area contributed by atoms with Crippen molar-refractivity contribution >= 4 is 0 Å². The van der Waals surface area contributed by atoms with E-state index in [2.05, 4.69) is 56.3 Å². The van der Waals surface area contributed by atoms with Crippen molar-refractivity contribution in [2.45, 2.75) is 51.9 Å². The predicted molar refractivity (Wildman–Crippen MR) is 72.8 cm³/mol. The Labute approximate surface area is 100 Å². The largest absolute Gasteiger partial charge is 0.0917 e. The molecule has 0 aromatic heterocycles. The quantitative estimate of drug-likeness (QED) is 0.541. The molecule has 1 unspecified atom stereocenters. The lowest BCUT2D eigenvalue weighted by molar-refractivity contribution is 0.552. The van der Waals surface area contributed by atoms with Crippen LogP contribution in [0.5, 0.6) is 0 Å². The number of unbranched alkanes of at least 4 members (excludes halogenated alkanes) is 1. The Balaban J connectivity index is 2.56. The first kappa shape index (κ1) is 13.0. The molecular weight excluding hydrogens is 192 g/mol. The van der Waals surface area contributed by atoms with E-state index in [4.69, 9.17) is 0 Å². The minimum atomic E-state index is 0.748. The molecule has 0 fully saturated rings. The van der Waals surface area contributed by atoms with Gasteiger partial charge in [0, 0.05) is 0 Å². The molecule has 0 saturated heterocycles. The Morgan fingerprint density at radius 3 is 2.50 bits per heavy atom. The van der Waals surface area contributed by atoms with Crippen LogP contribution >= 0.6 is 0 Å². The Hall–Kier alpha value is -1.04. The van der Waals surface area contributed by atoms with Gasteiger partial charge < -0.3 is 0 Å². The lowest BCUT2D eigenvalue weighted by atomic mass is 9.89. The van der Waals surface area contributed by atoms with Crippen LogP contribution in [0.2, 0.25) is 0 Å². The fourth-order valence-electron chi connectivity index (χ4n) is 2.12. The summed E-state index contributed by atoms with van der Waals surface area (Å²) in [5.41, 5.74) is 1.51. The molecule has 0 aliphatic carbocycles. The van der Waals surface area contributed by atoms with Crippen molar-refractivity contribution in [1.82, 2.24) is 0 Å². The SMILES string of the molecule is CC=CCCC(CCCC)c1ccccc1. The maximum absolute atomic E-state index is 2.28. The first-order chi connectivity index (χ1) is 7.88. The van der Waals surface area contributed by atoms with Gasteiger partial charge in [0.2, 0.25) is 0 Å². The molecule has 16 heavy (non-hydrogen) atoms. The van der Waals surface area contributed by atoms with Crippen molar-refractivity contribution in [3.8, 4) is 0 Å². The third kappa shape index (κ3) is 4.65. The monoisotopic (exact) mass is 216 g/mol. The predicted octanol–water partition coefficient (Wildman–Crippen LogP) is 5.32. The summed E-state index contributed by atoms with van der Waals surface area (Å²) in [6.07, 6.45) is 10.9. The molecule has 0 bridgehead atoms. The molecule has 1 atom stereocenters. The summed E-state index contributed by atoms with van der Waals surface area (Å²) in [5.74, 6) is 0.748. The van der Waals surface area contributed by atoms with Gasteiger partial charge in [-0.3, -0.25) is 0 Å². The van der Waals surface area contributed by atoms with Crippen LogP contribution in [0.1, 0.15) is 57.4 Å². The number of rotatable bonds is 7. The molecule has 0 aliphatic heterocycles. The van der Waals surface area contributed by atoms with Crippen LogP contribution in [0.25, 0.3) is 0 Å². The molecular formula is C16H24. The van der Waals surface area contributed by atoms with E-state index in [9.17, 15) is 0 Å². The van der Waals surface area contributed by atoms with E-state index >= 15 is 0 Å². The van der Waals surface area contributed by atoms with Crippen LogP contribution in [-0.4, -0.2) is 0 Å². The highest BCUT2D eigenvalue weighted by molar-refractivity contribution is 5.19. The minimum Gasteiger partial charge on any atom is -0.0917 e. The first-order valence-corrected chi connectivity index (χ1v) is 6.54. The maximum Gasteiger partial charge on any atom is -0.0159 e. The van der Waals surface area contributed by atoms with Gasteiger partial charge in [-0.1, -0.05) is 62.2 Å². The summed E-state index contributed by atoms with van der Waals surface area (Å²) in [7, 11) is 0. The second-order valence-corrected chi connectivity index (χ2v) is 4.40. The summed E-state index contributed by atoms with van der Waals surface area (Å²) in [6, 6.07) is 11.0. The average molecular weight is 216 g/mol. The lowest BCUT2D eigenvalue weighted by Gasteiger charge is -2.16. The van der Waals surface area contributed by atoms with Gasteiger partial charge in [0.15, 0.2) is 0 Å². The van der Waals surface area contributed by atoms with E-state index in [1.807, 2.05) is 0 Å². The molecule has 0 heteroatoms. The molecule has 0 heterocycles. The summed E-state index contributed by atoms with van der Waals surface area (Å²) in [6.45, 7) is 4.37. The van der Waals surface area contributed by atoms with E-state index in [-0.39, 0.29) is 0 Å². The van der Waals surface area contributed by atoms with Crippen LogP contribution < -0.4 is 0 Å². The van der Waals surface area contributed by atoms with Crippen molar-refractivity contribution in [3.63, 3.8) is 0 Å². The molecule has 0 saturated carbocycles. The second kappa shape index (κ2) is 8.15. The van der Waals surface area contributed by atoms with E-state index in [1.54, 1.807) is 0 Å². The van der Waals surface area contributed by atoms with Crippen LogP contribution in [0.4, 0.5) is 0 Å². The van der Waals surface area contributed by atoms with Crippen molar-refractivity contribution in [3.05, 3.63) is 48.0 Å². The zero-order valence-electron chi connectivity index (χ0n) is 10.7. The van der Waals surface area contributed by atoms with Crippen molar-refractivity contribution in [1.29, 1.82) is 0 Å². The van der Waals surface area contributed by atoms with Gasteiger partial charge >= 0.3 is 0 Å². The Morgan fingerprint density at radius 2 is 1.88 bits per heavy atom. The van der Waals surface area contributed by atoms with Crippen molar-refractivity contribution in [2.24, 2.45) is 0 Å². The zero-order chi connectivity index (χ0) is 11.6. The van der Waals surface area contributed by atoms with Gasteiger partial charge in [-0.15, -0.1) is 0 Å². The molecule has 1 aromatic rings. The third-order valence-corrected chi connectivity index (χ3v) is 3.09. The van der Waals surface area contributed by atoms with Gasteiger partial charge in [0.05, 0.1) is 0 Å². The molecule has 0 N–H and O–H groups in total. The first-order valence-electron chi connectivity index (χ1n) is 6.54. The van der Waals surface area contributed by atoms with Gasteiger partial charge in [0.25, 0.3) is 0 Å². The van der Waals surface area contributed by atoms with E-state index in [0.717, 1.165) is 5.92 Å². The second-order valence-electron chi connectivity index (χ2n) is 4.40. The van der Waals surface area contributed by atoms with Gasteiger partial charge in [-0.05, 0) is 37.7 Å². The van der Waals surface area contributed by atoms with Crippen LogP contribution in [-0.2, 0) is 0 Å². The zero-order valence-corrected chi connectivity index (χ0v) is 10.7. The molecule has 0 nitrogen and oxygen atoms in total. The maximum atomic E-state index is 2.28. The molecule has 1 aromatic carbocycles. The molecule has 0 spiro atoms.